The van der Waals surface area contributed by atoms with Crippen LogP contribution in [0.25, 0.3) is 0 Å². The SMILES string of the molecule is C[C@H](OC(=O)c1ccccc1C(=O)c1ccccc1)C(=O)N1c2ccccc2C[C@H]1C. The minimum atomic E-state index is -0.985. The highest BCUT2D eigenvalue weighted by atomic mass is 16.5. The highest BCUT2D eigenvalue weighted by molar-refractivity contribution is 6.14. The Morgan fingerprint density at radius 1 is 0.871 bits per heavy atom. The van der Waals surface area contributed by atoms with Gasteiger partial charge in [0.05, 0.1) is 5.56 Å². The fourth-order valence-corrected chi connectivity index (χ4v) is 3.98. The molecule has 1 heterocycles. The van der Waals surface area contributed by atoms with Gasteiger partial charge in [-0.15, -0.1) is 0 Å². The second-order valence-electron chi connectivity index (χ2n) is 7.68. The predicted molar refractivity (Wildman–Crippen MR) is 118 cm³/mol. The number of carbonyl (C=O) groups is 3. The third-order valence-corrected chi connectivity index (χ3v) is 5.50. The molecule has 3 aromatic carbocycles. The van der Waals surface area contributed by atoms with Gasteiger partial charge in [0, 0.05) is 22.9 Å². The standard InChI is InChI=1S/C26H23NO4/c1-17-16-20-12-6-9-15-23(20)27(17)25(29)18(2)31-26(30)22-14-8-7-13-21(22)24(28)19-10-4-3-5-11-19/h3-15,17-18H,16H2,1-2H3/t17-,18+/m1/s1. The Hall–Kier alpha value is -3.73. The number of ether oxygens (including phenoxy) is 1. The molecule has 0 aliphatic carbocycles. The number of amides is 1. The summed E-state index contributed by atoms with van der Waals surface area (Å²) in [5, 5.41) is 0. The second-order valence-corrected chi connectivity index (χ2v) is 7.68. The molecule has 0 fully saturated rings. The van der Waals surface area contributed by atoms with Gasteiger partial charge in [-0.25, -0.2) is 4.79 Å². The Labute approximate surface area is 181 Å². The molecule has 2 atom stereocenters. The van der Waals surface area contributed by atoms with E-state index < -0.39 is 12.1 Å². The second kappa shape index (κ2) is 8.56. The summed E-state index contributed by atoms with van der Waals surface area (Å²) in [5.74, 6) is -1.24. The number of hydrogen-bond donors (Lipinski definition) is 0. The average Bonchev–Trinajstić information content (AvgIpc) is 3.14. The molecular formula is C26H23NO4. The highest BCUT2D eigenvalue weighted by Crippen LogP contribution is 2.32. The minimum Gasteiger partial charge on any atom is -0.449 e. The quantitative estimate of drug-likeness (QED) is 0.458. The number of esters is 1. The van der Waals surface area contributed by atoms with Crippen LogP contribution < -0.4 is 4.90 Å². The van der Waals surface area contributed by atoms with Crippen molar-refractivity contribution in [3.63, 3.8) is 0 Å². The molecule has 0 saturated carbocycles. The van der Waals surface area contributed by atoms with E-state index in [4.69, 9.17) is 4.74 Å². The van der Waals surface area contributed by atoms with E-state index in [9.17, 15) is 14.4 Å². The lowest BCUT2D eigenvalue weighted by molar-refractivity contribution is -0.126. The van der Waals surface area contributed by atoms with Gasteiger partial charge in [0.2, 0.25) is 0 Å². The molecule has 1 aliphatic heterocycles. The highest BCUT2D eigenvalue weighted by Gasteiger charge is 2.35. The predicted octanol–water partition coefficient (Wildman–Crippen LogP) is 4.44. The van der Waals surface area contributed by atoms with Gasteiger partial charge in [-0.1, -0.05) is 66.7 Å². The van der Waals surface area contributed by atoms with Crippen molar-refractivity contribution in [2.45, 2.75) is 32.4 Å². The Bertz CT molecular complexity index is 1140. The number of nitrogens with zero attached hydrogens (tertiary/aromatic N) is 1. The Kier molecular flexibility index (Phi) is 5.67. The van der Waals surface area contributed by atoms with Gasteiger partial charge in [-0.2, -0.15) is 0 Å². The van der Waals surface area contributed by atoms with E-state index in [1.54, 1.807) is 60.4 Å². The van der Waals surface area contributed by atoms with Crippen LogP contribution in [0.5, 0.6) is 0 Å². The molecule has 0 aromatic heterocycles. The van der Waals surface area contributed by atoms with E-state index in [0.29, 0.717) is 5.56 Å². The molecular weight excluding hydrogens is 390 g/mol. The van der Waals surface area contributed by atoms with Crippen molar-refractivity contribution in [2.24, 2.45) is 0 Å². The van der Waals surface area contributed by atoms with Gasteiger partial charge in [0.15, 0.2) is 11.9 Å². The fourth-order valence-electron chi connectivity index (χ4n) is 3.98. The molecule has 0 bridgehead atoms. The van der Waals surface area contributed by atoms with Gasteiger partial charge in [-0.05, 0) is 38.0 Å². The molecule has 0 N–H and O–H groups in total. The summed E-state index contributed by atoms with van der Waals surface area (Å²) in [5.41, 5.74) is 2.82. The largest absolute Gasteiger partial charge is 0.449 e. The summed E-state index contributed by atoms with van der Waals surface area (Å²) in [6.45, 7) is 3.54. The van der Waals surface area contributed by atoms with Crippen molar-refractivity contribution in [3.05, 3.63) is 101 Å². The summed E-state index contributed by atoms with van der Waals surface area (Å²) in [4.78, 5) is 40.6. The van der Waals surface area contributed by atoms with Crippen molar-refractivity contribution in [1.29, 1.82) is 0 Å². The summed E-state index contributed by atoms with van der Waals surface area (Å²) in [6.07, 6.45) is -0.224. The lowest BCUT2D eigenvalue weighted by Gasteiger charge is -2.26. The molecule has 1 amide bonds. The molecule has 0 radical (unpaired) electrons. The Morgan fingerprint density at radius 3 is 2.23 bits per heavy atom. The van der Waals surface area contributed by atoms with Gasteiger partial charge in [0.25, 0.3) is 5.91 Å². The average molecular weight is 413 g/mol. The first-order chi connectivity index (χ1) is 15.0. The van der Waals surface area contributed by atoms with Crippen molar-refractivity contribution in [1.82, 2.24) is 0 Å². The monoisotopic (exact) mass is 413 g/mol. The van der Waals surface area contributed by atoms with Gasteiger partial charge in [0.1, 0.15) is 0 Å². The third kappa shape index (κ3) is 3.99. The van der Waals surface area contributed by atoms with Crippen LogP contribution in [0.4, 0.5) is 5.69 Å². The van der Waals surface area contributed by atoms with Crippen molar-refractivity contribution >= 4 is 23.3 Å². The number of benzene rings is 3. The van der Waals surface area contributed by atoms with E-state index in [1.807, 2.05) is 37.3 Å². The first-order valence-electron chi connectivity index (χ1n) is 10.3. The van der Waals surface area contributed by atoms with Crippen molar-refractivity contribution in [2.75, 3.05) is 4.90 Å². The topological polar surface area (TPSA) is 63.7 Å². The van der Waals surface area contributed by atoms with Gasteiger partial charge < -0.3 is 9.64 Å². The smallest absolute Gasteiger partial charge is 0.339 e. The van der Waals surface area contributed by atoms with E-state index in [-0.39, 0.29) is 28.9 Å². The van der Waals surface area contributed by atoms with Crippen molar-refractivity contribution in [3.8, 4) is 0 Å². The molecule has 0 unspecified atom stereocenters. The first-order valence-corrected chi connectivity index (χ1v) is 10.3. The minimum absolute atomic E-state index is 0.0157. The molecule has 156 valence electrons. The lowest BCUT2D eigenvalue weighted by Crippen LogP contribution is -2.43. The third-order valence-electron chi connectivity index (χ3n) is 5.50. The Morgan fingerprint density at radius 2 is 1.48 bits per heavy atom. The van der Waals surface area contributed by atoms with Crippen LogP contribution in [0.3, 0.4) is 0 Å². The Balaban J connectivity index is 1.54. The fraction of sp³-hybridized carbons (Fsp3) is 0.192. The summed E-state index contributed by atoms with van der Waals surface area (Å²) in [7, 11) is 0. The number of carbonyl (C=O) groups excluding carboxylic acids is 3. The molecule has 3 aromatic rings. The van der Waals surface area contributed by atoms with E-state index in [0.717, 1.165) is 17.7 Å². The molecule has 5 nitrogen and oxygen atoms in total. The number of para-hydroxylation sites is 1. The number of ketones is 1. The normalized spacial score (nSPS) is 15.8. The zero-order valence-corrected chi connectivity index (χ0v) is 17.4. The zero-order chi connectivity index (χ0) is 22.0. The van der Waals surface area contributed by atoms with Crippen LogP contribution in [-0.4, -0.2) is 29.8 Å². The van der Waals surface area contributed by atoms with Crippen molar-refractivity contribution < 1.29 is 19.1 Å². The van der Waals surface area contributed by atoms with E-state index in [2.05, 4.69) is 0 Å². The lowest BCUT2D eigenvalue weighted by atomic mass is 9.98. The number of anilines is 1. The summed E-state index contributed by atoms with van der Waals surface area (Å²) < 4.78 is 5.52. The summed E-state index contributed by atoms with van der Waals surface area (Å²) in [6, 6.07) is 23.0. The maximum atomic E-state index is 13.1. The van der Waals surface area contributed by atoms with Crippen LogP contribution in [0.2, 0.25) is 0 Å². The molecule has 31 heavy (non-hydrogen) atoms. The number of hydrogen-bond acceptors (Lipinski definition) is 4. The maximum absolute atomic E-state index is 13.1. The molecule has 4 rings (SSSR count). The van der Waals surface area contributed by atoms with Gasteiger partial charge >= 0.3 is 5.97 Å². The maximum Gasteiger partial charge on any atom is 0.339 e. The number of fused-ring (bicyclic) bond motifs is 1. The van der Waals surface area contributed by atoms with Gasteiger partial charge in [-0.3, -0.25) is 9.59 Å². The molecule has 0 saturated heterocycles. The van der Waals surface area contributed by atoms with Crippen LogP contribution in [-0.2, 0) is 16.0 Å². The van der Waals surface area contributed by atoms with Crippen LogP contribution in [0.15, 0.2) is 78.9 Å². The molecule has 1 aliphatic rings. The van der Waals surface area contributed by atoms with Crippen LogP contribution >= 0.6 is 0 Å². The zero-order valence-electron chi connectivity index (χ0n) is 17.4. The van der Waals surface area contributed by atoms with E-state index in [1.165, 1.54) is 0 Å². The first kappa shape index (κ1) is 20.5. The van der Waals surface area contributed by atoms with Crippen LogP contribution in [0.1, 0.15) is 45.7 Å². The van der Waals surface area contributed by atoms with E-state index >= 15 is 0 Å². The van der Waals surface area contributed by atoms with Crippen LogP contribution in [0, 0.1) is 0 Å². The number of rotatable bonds is 5. The molecule has 0 spiro atoms. The summed E-state index contributed by atoms with van der Waals surface area (Å²) >= 11 is 0. The molecule has 5 heteroatoms.